The van der Waals surface area contributed by atoms with Gasteiger partial charge in [-0.2, -0.15) is 5.10 Å². The number of benzene rings is 1. The average Bonchev–Trinajstić information content (AvgIpc) is 2.81. The van der Waals surface area contributed by atoms with Crippen molar-refractivity contribution in [1.29, 1.82) is 5.41 Å². The molecule has 18 heavy (non-hydrogen) atoms. The van der Waals surface area contributed by atoms with Crippen LogP contribution in [0.25, 0.3) is 0 Å². The molecule has 0 spiro atoms. The molecule has 1 aromatic carbocycles. The number of hydrogen-bond donors (Lipinski definition) is 2. The Labute approximate surface area is 103 Å². The van der Waals surface area contributed by atoms with Crippen LogP contribution in [-0.2, 0) is 6.54 Å². The molecule has 2 rings (SSSR count). The van der Waals surface area contributed by atoms with Gasteiger partial charge in [-0.1, -0.05) is 6.07 Å². The van der Waals surface area contributed by atoms with Crippen LogP contribution in [0.2, 0.25) is 0 Å². The molecule has 0 fully saturated rings. The number of rotatable bonds is 5. The first-order valence-corrected chi connectivity index (χ1v) is 5.41. The first kappa shape index (κ1) is 12.1. The number of nitrogens with zero attached hydrogens (tertiary/aromatic N) is 2. The predicted octanol–water partition coefficient (Wildman–Crippen LogP) is 1.39. The van der Waals surface area contributed by atoms with Crippen molar-refractivity contribution in [3.63, 3.8) is 0 Å². The molecular weight excluding hydrogens is 235 g/mol. The van der Waals surface area contributed by atoms with Crippen LogP contribution in [0, 0.1) is 11.2 Å². The quantitative estimate of drug-likeness (QED) is 0.620. The zero-order chi connectivity index (χ0) is 13.0. The number of nitrogens with two attached hydrogens (primary N) is 1. The van der Waals surface area contributed by atoms with Crippen LogP contribution in [0.1, 0.15) is 5.56 Å². The molecule has 6 heteroatoms. The highest BCUT2D eigenvalue weighted by Gasteiger charge is 2.12. The van der Waals surface area contributed by atoms with Crippen molar-refractivity contribution >= 4 is 5.84 Å². The van der Waals surface area contributed by atoms with Gasteiger partial charge in [0.25, 0.3) is 0 Å². The maximum absolute atomic E-state index is 13.5. The van der Waals surface area contributed by atoms with Gasteiger partial charge in [-0.05, 0) is 18.2 Å². The zero-order valence-corrected chi connectivity index (χ0v) is 9.64. The average molecular weight is 248 g/mol. The minimum atomic E-state index is -0.556. The molecule has 0 saturated heterocycles. The third kappa shape index (κ3) is 2.65. The van der Waals surface area contributed by atoms with Crippen LogP contribution in [0.5, 0.6) is 5.75 Å². The molecule has 0 aliphatic rings. The van der Waals surface area contributed by atoms with Gasteiger partial charge in [0.05, 0.1) is 12.1 Å². The standard InChI is InChI=1S/C12H13FN4O/c13-9-3-1-4-10(11(9)12(14)15)18-8-7-17-6-2-5-16-17/h1-6H,7-8H2,(H3,14,15). The van der Waals surface area contributed by atoms with Crippen molar-refractivity contribution in [2.75, 3.05) is 6.61 Å². The lowest BCUT2D eigenvalue weighted by Crippen LogP contribution is -2.16. The Bertz CT molecular complexity index is 539. The Hall–Kier alpha value is -2.37. The van der Waals surface area contributed by atoms with Gasteiger partial charge >= 0.3 is 0 Å². The fourth-order valence-corrected chi connectivity index (χ4v) is 1.57. The maximum Gasteiger partial charge on any atom is 0.137 e. The van der Waals surface area contributed by atoms with Gasteiger partial charge in [0.15, 0.2) is 0 Å². The molecule has 1 aromatic heterocycles. The number of nitrogens with one attached hydrogen (secondary N) is 1. The smallest absolute Gasteiger partial charge is 0.137 e. The molecule has 0 atom stereocenters. The van der Waals surface area contributed by atoms with Gasteiger partial charge in [0, 0.05) is 12.4 Å². The third-order valence-electron chi connectivity index (χ3n) is 2.38. The van der Waals surface area contributed by atoms with Crippen LogP contribution in [-0.4, -0.2) is 22.2 Å². The summed E-state index contributed by atoms with van der Waals surface area (Å²) in [5, 5.41) is 11.4. The fraction of sp³-hybridized carbons (Fsp3) is 0.167. The van der Waals surface area contributed by atoms with Crippen LogP contribution < -0.4 is 10.5 Å². The largest absolute Gasteiger partial charge is 0.491 e. The van der Waals surface area contributed by atoms with Gasteiger partial charge in [0.2, 0.25) is 0 Å². The van der Waals surface area contributed by atoms with Gasteiger partial charge in [-0.15, -0.1) is 0 Å². The normalized spacial score (nSPS) is 10.3. The van der Waals surface area contributed by atoms with E-state index in [0.29, 0.717) is 13.2 Å². The first-order chi connectivity index (χ1) is 8.68. The third-order valence-corrected chi connectivity index (χ3v) is 2.38. The predicted molar refractivity (Wildman–Crippen MR) is 65.1 cm³/mol. The van der Waals surface area contributed by atoms with Gasteiger partial charge in [-0.3, -0.25) is 10.1 Å². The molecule has 0 amide bonds. The summed E-state index contributed by atoms with van der Waals surface area (Å²) in [5.74, 6) is -0.629. The van der Waals surface area contributed by atoms with Crippen molar-refractivity contribution in [2.24, 2.45) is 5.73 Å². The Balaban J connectivity index is 2.05. The van der Waals surface area contributed by atoms with Crippen molar-refractivity contribution in [1.82, 2.24) is 9.78 Å². The minimum absolute atomic E-state index is 0.00188. The summed E-state index contributed by atoms with van der Waals surface area (Å²) >= 11 is 0. The van der Waals surface area contributed by atoms with E-state index in [1.165, 1.54) is 12.1 Å². The van der Waals surface area contributed by atoms with Gasteiger partial charge in [-0.25, -0.2) is 4.39 Å². The molecule has 0 unspecified atom stereocenters. The second-order valence-electron chi connectivity index (χ2n) is 3.64. The van der Waals surface area contributed by atoms with E-state index in [0.717, 1.165) is 0 Å². The second-order valence-corrected chi connectivity index (χ2v) is 3.64. The van der Waals surface area contributed by atoms with E-state index in [1.54, 1.807) is 23.1 Å². The van der Waals surface area contributed by atoms with Crippen molar-refractivity contribution in [3.8, 4) is 5.75 Å². The summed E-state index contributed by atoms with van der Waals surface area (Å²) in [6.45, 7) is 0.867. The van der Waals surface area contributed by atoms with E-state index < -0.39 is 5.82 Å². The molecule has 0 bridgehead atoms. The highest BCUT2D eigenvalue weighted by atomic mass is 19.1. The van der Waals surface area contributed by atoms with E-state index in [4.69, 9.17) is 15.9 Å². The number of hydrogen-bond acceptors (Lipinski definition) is 3. The zero-order valence-electron chi connectivity index (χ0n) is 9.64. The molecule has 2 aromatic rings. The Morgan fingerprint density at radius 2 is 2.28 bits per heavy atom. The second kappa shape index (κ2) is 5.31. The number of ether oxygens (including phenoxy) is 1. The van der Waals surface area contributed by atoms with Crippen molar-refractivity contribution in [3.05, 3.63) is 48.0 Å². The Morgan fingerprint density at radius 3 is 2.94 bits per heavy atom. The fourth-order valence-electron chi connectivity index (χ4n) is 1.57. The summed E-state index contributed by atoms with van der Waals surface area (Å²) in [6.07, 6.45) is 3.48. The topological polar surface area (TPSA) is 76.9 Å². The monoisotopic (exact) mass is 248 g/mol. The lowest BCUT2D eigenvalue weighted by Gasteiger charge is -2.11. The van der Waals surface area contributed by atoms with E-state index in [1.807, 2.05) is 6.07 Å². The maximum atomic E-state index is 13.5. The van der Waals surface area contributed by atoms with Crippen molar-refractivity contribution in [2.45, 2.75) is 6.54 Å². The van der Waals surface area contributed by atoms with Gasteiger partial charge in [0.1, 0.15) is 24.0 Å². The lowest BCUT2D eigenvalue weighted by molar-refractivity contribution is 0.289. The summed E-state index contributed by atoms with van der Waals surface area (Å²) < 4.78 is 20.6. The number of nitrogen functional groups attached to an aromatic ring is 1. The van der Waals surface area contributed by atoms with Gasteiger partial charge < -0.3 is 10.5 Å². The Morgan fingerprint density at radius 1 is 1.44 bits per heavy atom. The Kier molecular flexibility index (Phi) is 3.57. The molecule has 3 N–H and O–H groups in total. The van der Waals surface area contributed by atoms with Crippen molar-refractivity contribution < 1.29 is 9.13 Å². The van der Waals surface area contributed by atoms with E-state index in [2.05, 4.69) is 5.10 Å². The summed E-state index contributed by atoms with van der Waals surface area (Å²) in [5.41, 5.74) is 5.33. The molecule has 0 saturated carbocycles. The highest BCUT2D eigenvalue weighted by molar-refractivity contribution is 5.97. The van der Waals surface area contributed by atoms with E-state index in [9.17, 15) is 4.39 Å². The molecule has 0 radical (unpaired) electrons. The van der Waals surface area contributed by atoms with Crippen LogP contribution in [0.15, 0.2) is 36.7 Å². The first-order valence-electron chi connectivity index (χ1n) is 5.41. The summed E-state index contributed by atoms with van der Waals surface area (Å²) in [7, 11) is 0. The molecule has 0 aliphatic heterocycles. The van der Waals surface area contributed by atoms with Crippen LogP contribution in [0.3, 0.4) is 0 Å². The summed E-state index contributed by atoms with van der Waals surface area (Å²) in [4.78, 5) is 0. The van der Waals surface area contributed by atoms with E-state index in [-0.39, 0.29) is 17.1 Å². The number of halogens is 1. The number of amidine groups is 1. The number of aromatic nitrogens is 2. The molecule has 1 heterocycles. The molecule has 5 nitrogen and oxygen atoms in total. The molecular formula is C12H13FN4O. The molecule has 94 valence electrons. The van der Waals surface area contributed by atoms with E-state index >= 15 is 0 Å². The lowest BCUT2D eigenvalue weighted by atomic mass is 10.1. The van der Waals surface area contributed by atoms with Crippen LogP contribution in [0.4, 0.5) is 4.39 Å². The SMILES string of the molecule is N=C(N)c1c(F)cccc1OCCn1cccn1. The highest BCUT2D eigenvalue weighted by Crippen LogP contribution is 2.20. The minimum Gasteiger partial charge on any atom is -0.491 e. The van der Waals surface area contributed by atoms with Crippen LogP contribution >= 0.6 is 0 Å². The summed E-state index contributed by atoms with van der Waals surface area (Å²) in [6, 6.07) is 6.16. The molecule has 0 aliphatic carbocycles.